The van der Waals surface area contributed by atoms with E-state index < -0.39 is 42.0 Å². The molecule has 36 heavy (non-hydrogen) atoms. The molecule has 1 aromatic carbocycles. The number of nitrogens with one attached hydrogen (secondary N) is 2. The lowest BCUT2D eigenvalue weighted by atomic mass is 9.67. The molecule has 2 amide bonds. The Morgan fingerprint density at radius 1 is 1.17 bits per heavy atom. The van der Waals surface area contributed by atoms with Crippen LogP contribution >= 0.6 is 0 Å². The summed E-state index contributed by atoms with van der Waals surface area (Å²) in [4.78, 5) is 32.8. The number of rotatable bonds is 8. The number of methoxy groups -OCH3 is 1. The van der Waals surface area contributed by atoms with Crippen LogP contribution in [0.25, 0.3) is 11.0 Å². The van der Waals surface area contributed by atoms with Crippen molar-refractivity contribution in [3.8, 4) is 5.75 Å². The first kappa shape index (κ1) is 25.5. The summed E-state index contributed by atoms with van der Waals surface area (Å²) in [5.41, 5.74) is 0.608. The van der Waals surface area contributed by atoms with Gasteiger partial charge in [-0.3, -0.25) is 14.7 Å². The van der Waals surface area contributed by atoms with Crippen molar-refractivity contribution in [1.82, 2.24) is 20.1 Å². The third kappa shape index (κ3) is 5.01. The Balaban J connectivity index is 1.61. The number of aliphatic hydroxyl groups excluding tert-OH is 1. The van der Waals surface area contributed by atoms with E-state index in [0.29, 0.717) is 22.3 Å². The molecule has 2 aromatic heterocycles. The van der Waals surface area contributed by atoms with Gasteiger partial charge in [0, 0.05) is 26.5 Å². The summed E-state index contributed by atoms with van der Waals surface area (Å²) >= 11 is 0. The maximum absolute atomic E-state index is 14.1. The van der Waals surface area contributed by atoms with Crippen LogP contribution in [0.2, 0.25) is 0 Å². The van der Waals surface area contributed by atoms with Crippen molar-refractivity contribution in [3.05, 3.63) is 48.2 Å². The minimum atomic E-state index is -2.85. The molecule has 0 saturated heterocycles. The van der Waals surface area contributed by atoms with Gasteiger partial charge in [-0.15, -0.1) is 0 Å². The number of hydrogen-bond donors (Lipinski definition) is 3. The Hall–Kier alpha value is -3.60. The van der Waals surface area contributed by atoms with Gasteiger partial charge in [0.25, 0.3) is 0 Å². The summed E-state index contributed by atoms with van der Waals surface area (Å²) in [6.07, 6.45) is 0.470. The third-order valence-corrected chi connectivity index (χ3v) is 6.93. The largest absolute Gasteiger partial charge is 0.497 e. The van der Waals surface area contributed by atoms with Crippen molar-refractivity contribution in [2.24, 2.45) is 0 Å². The van der Waals surface area contributed by atoms with E-state index in [1.807, 2.05) is 0 Å². The zero-order valence-corrected chi connectivity index (χ0v) is 20.1. The fraction of sp³-hybridized carbons (Fsp3) is 0.440. The van der Waals surface area contributed by atoms with E-state index >= 15 is 0 Å². The number of amides is 2. The molecule has 0 aliphatic heterocycles. The molecule has 1 atom stereocenters. The van der Waals surface area contributed by atoms with Gasteiger partial charge in [-0.05, 0) is 49.1 Å². The predicted octanol–water partition coefficient (Wildman–Crippen LogP) is 3.26. The van der Waals surface area contributed by atoms with Gasteiger partial charge in [0.15, 0.2) is 0 Å². The average Bonchev–Trinajstić information content (AvgIpc) is 3.35. The fourth-order valence-electron chi connectivity index (χ4n) is 4.79. The summed E-state index contributed by atoms with van der Waals surface area (Å²) in [5, 5.41) is 19.0. The molecular weight excluding hydrogens is 472 g/mol. The van der Waals surface area contributed by atoms with Crippen LogP contribution in [0.3, 0.4) is 0 Å². The standard InChI is InChI=1S/C25H29F2N5O4/c1-32(20(9-14-33)22(34)30-21-8-7-18-19(29-21)15-28-31-18)23(35)24(10-12-25(26,27)13-11-24)16-3-5-17(36-2)6-4-16/h3-8,15,20,33H,9-14H2,1-2H3,(H,28,31)(H,29,30,34)/t20-/m1/s1. The second-order valence-electron chi connectivity index (χ2n) is 9.10. The third-order valence-electron chi connectivity index (χ3n) is 6.93. The lowest BCUT2D eigenvalue weighted by molar-refractivity contribution is -0.147. The van der Waals surface area contributed by atoms with E-state index in [0.717, 1.165) is 0 Å². The highest BCUT2D eigenvalue weighted by atomic mass is 19.3. The second kappa shape index (κ2) is 10.2. The van der Waals surface area contributed by atoms with Gasteiger partial charge in [0.05, 0.1) is 24.2 Å². The van der Waals surface area contributed by atoms with Gasteiger partial charge in [-0.1, -0.05) is 12.1 Å². The fourth-order valence-corrected chi connectivity index (χ4v) is 4.79. The van der Waals surface area contributed by atoms with Gasteiger partial charge in [-0.25, -0.2) is 13.8 Å². The molecule has 0 radical (unpaired) electrons. The highest BCUT2D eigenvalue weighted by Crippen LogP contribution is 2.47. The molecule has 192 valence electrons. The summed E-state index contributed by atoms with van der Waals surface area (Å²) in [7, 11) is 2.98. The number of H-pyrrole nitrogens is 1. The molecular formula is C25H29F2N5O4. The Bertz CT molecular complexity index is 1220. The smallest absolute Gasteiger partial charge is 0.248 e. The molecule has 9 nitrogen and oxygen atoms in total. The first-order chi connectivity index (χ1) is 17.2. The van der Waals surface area contributed by atoms with Crippen molar-refractivity contribution in [2.75, 3.05) is 26.1 Å². The molecule has 1 aliphatic carbocycles. The Kier molecular flexibility index (Phi) is 7.21. The number of likely N-dealkylation sites (N-methyl/N-ethyl adjacent to an activating group) is 1. The molecule has 0 bridgehead atoms. The van der Waals surface area contributed by atoms with Crippen LogP contribution in [-0.2, 0) is 15.0 Å². The minimum Gasteiger partial charge on any atom is -0.497 e. The number of aliphatic hydroxyl groups is 1. The van der Waals surface area contributed by atoms with Crippen molar-refractivity contribution >= 4 is 28.7 Å². The summed E-state index contributed by atoms with van der Waals surface area (Å²) < 4.78 is 33.5. The van der Waals surface area contributed by atoms with Crippen LogP contribution in [0.1, 0.15) is 37.7 Å². The van der Waals surface area contributed by atoms with Gasteiger partial charge in [0.1, 0.15) is 23.1 Å². The van der Waals surface area contributed by atoms with Crippen molar-refractivity contribution < 1.29 is 28.2 Å². The first-order valence-corrected chi connectivity index (χ1v) is 11.7. The van der Waals surface area contributed by atoms with Crippen LogP contribution in [0.4, 0.5) is 14.6 Å². The number of carbonyl (C=O) groups is 2. The number of ether oxygens (including phenoxy) is 1. The Morgan fingerprint density at radius 3 is 2.50 bits per heavy atom. The number of halogens is 2. The molecule has 11 heteroatoms. The van der Waals surface area contributed by atoms with E-state index in [1.54, 1.807) is 36.4 Å². The van der Waals surface area contributed by atoms with Crippen LogP contribution in [-0.4, -0.2) is 69.7 Å². The van der Waals surface area contributed by atoms with E-state index in [-0.39, 0.29) is 31.7 Å². The van der Waals surface area contributed by atoms with E-state index in [1.165, 1.54) is 25.3 Å². The second-order valence-corrected chi connectivity index (χ2v) is 9.10. The molecule has 1 fully saturated rings. The highest BCUT2D eigenvalue weighted by Gasteiger charge is 2.51. The first-order valence-electron chi connectivity index (χ1n) is 11.7. The highest BCUT2D eigenvalue weighted by molar-refractivity contribution is 5.99. The monoisotopic (exact) mass is 501 g/mol. The van der Waals surface area contributed by atoms with E-state index in [4.69, 9.17) is 4.74 Å². The Labute approximate surface area is 206 Å². The number of anilines is 1. The number of aromatic amines is 1. The van der Waals surface area contributed by atoms with E-state index in [2.05, 4.69) is 20.5 Å². The van der Waals surface area contributed by atoms with Gasteiger partial charge >= 0.3 is 0 Å². The van der Waals surface area contributed by atoms with Gasteiger partial charge < -0.3 is 20.1 Å². The predicted molar refractivity (Wildman–Crippen MR) is 129 cm³/mol. The SMILES string of the molecule is COc1ccc(C2(C(=O)N(C)[C@H](CCO)C(=O)Nc3ccc4[nH]ncc4n3)CCC(F)(F)CC2)cc1. The van der Waals surface area contributed by atoms with Crippen molar-refractivity contribution in [1.29, 1.82) is 0 Å². The van der Waals surface area contributed by atoms with Crippen LogP contribution in [0, 0.1) is 0 Å². The van der Waals surface area contributed by atoms with Crippen molar-refractivity contribution in [2.45, 2.75) is 49.5 Å². The average molecular weight is 502 g/mol. The lowest BCUT2D eigenvalue weighted by Crippen LogP contribution is -2.54. The van der Waals surface area contributed by atoms with Crippen molar-refractivity contribution in [3.63, 3.8) is 0 Å². The zero-order chi connectivity index (χ0) is 25.9. The number of hydrogen-bond acceptors (Lipinski definition) is 6. The number of carbonyl (C=O) groups excluding carboxylic acids is 2. The number of nitrogens with zero attached hydrogens (tertiary/aromatic N) is 3. The number of fused-ring (bicyclic) bond motifs is 1. The summed E-state index contributed by atoms with van der Waals surface area (Å²) in [5.74, 6) is -3.00. The number of aromatic nitrogens is 3. The number of benzene rings is 1. The molecule has 0 spiro atoms. The maximum atomic E-state index is 14.1. The van der Waals surface area contributed by atoms with Crippen LogP contribution in [0.15, 0.2) is 42.6 Å². The molecule has 3 N–H and O–H groups in total. The number of pyridine rings is 1. The molecule has 4 rings (SSSR count). The molecule has 0 unspecified atom stereocenters. The number of alkyl halides is 2. The quantitative estimate of drug-likeness (QED) is 0.436. The van der Waals surface area contributed by atoms with Crippen LogP contribution in [0.5, 0.6) is 5.75 Å². The molecule has 1 saturated carbocycles. The summed E-state index contributed by atoms with van der Waals surface area (Å²) in [6, 6.07) is 9.06. The molecule has 1 aliphatic rings. The molecule has 2 heterocycles. The lowest BCUT2D eigenvalue weighted by Gasteiger charge is -2.43. The summed E-state index contributed by atoms with van der Waals surface area (Å²) in [6.45, 7) is -0.350. The molecule has 3 aromatic rings. The normalized spacial score (nSPS) is 17.4. The maximum Gasteiger partial charge on any atom is 0.248 e. The van der Waals surface area contributed by atoms with E-state index in [9.17, 15) is 23.5 Å². The minimum absolute atomic E-state index is 0.0309. The Morgan fingerprint density at radius 2 is 1.86 bits per heavy atom. The topological polar surface area (TPSA) is 120 Å². The van der Waals surface area contributed by atoms with Gasteiger partial charge in [0.2, 0.25) is 17.7 Å². The van der Waals surface area contributed by atoms with Gasteiger partial charge in [-0.2, -0.15) is 5.10 Å². The van der Waals surface area contributed by atoms with Crippen LogP contribution < -0.4 is 10.1 Å². The zero-order valence-electron chi connectivity index (χ0n) is 20.1.